The van der Waals surface area contributed by atoms with E-state index in [1.54, 1.807) is 21.3 Å². The average molecular weight is 147 g/mol. The second-order valence-corrected chi connectivity index (χ2v) is 2.65. The second kappa shape index (κ2) is 3.96. The first-order valence-corrected chi connectivity index (χ1v) is 3.42. The Morgan fingerprint density at radius 3 is 1.20 bits per heavy atom. The maximum atomic E-state index is 5.12. The molecule has 0 amide bonds. The van der Waals surface area contributed by atoms with E-state index < -0.39 is 6.75 Å². The lowest BCUT2D eigenvalue weighted by Gasteiger charge is -2.40. The summed E-state index contributed by atoms with van der Waals surface area (Å²) in [5.74, 6) is 0.236. The van der Waals surface area contributed by atoms with Gasteiger partial charge in [-0.15, -0.1) is 0 Å². The molecule has 0 aromatic rings. The van der Waals surface area contributed by atoms with Gasteiger partial charge in [0.1, 0.15) is 0 Å². The summed E-state index contributed by atoms with van der Waals surface area (Å²) in [5.41, 5.74) is 0. The summed E-state index contributed by atoms with van der Waals surface area (Å²) in [7, 11) is 4.77. The van der Waals surface area contributed by atoms with Gasteiger partial charge in [0.15, 0.2) is 0 Å². The molecule has 0 radical (unpaired) electrons. The van der Waals surface area contributed by atoms with Crippen LogP contribution in [0.1, 0.15) is 13.8 Å². The van der Waals surface area contributed by atoms with Gasteiger partial charge in [0.25, 0.3) is 0 Å². The van der Waals surface area contributed by atoms with Gasteiger partial charge in [0.05, 0.1) is 0 Å². The van der Waals surface area contributed by atoms with Gasteiger partial charge in [-0.2, -0.15) is 0 Å². The highest BCUT2D eigenvalue weighted by molar-refractivity contribution is 6.62. The van der Waals surface area contributed by atoms with Crippen LogP contribution in [0.15, 0.2) is 0 Å². The van der Waals surface area contributed by atoms with Crippen molar-refractivity contribution in [3.63, 3.8) is 0 Å². The molecule has 0 saturated heterocycles. The summed E-state index contributed by atoms with van der Waals surface area (Å²) in [5, 5.41) is 0. The van der Waals surface area contributed by atoms with Crippen LogP contribution in [0, 0.1) is 0 Å². The van der Waals surface area contributed by atoms with Crippen LogP contribution in [0.5, 0.6) is 0 Å². The summed E-state index contributed by atoms with van der Waals surface area (Å²) in [6, 6.07) is 0. The summed E-state index contributed by atoms with van der Waals surface area (Å²) < 4.78 is 15.3. The van der Waals surface area contributed by atoms with Gasteiger partial charge in [0, 0.05) is 0 Å². The molecule has 0 N–H and O–H groups in total. The molecule has 0 heterocycles. The third kappa shape index (κ3) is 1.72. The molecule has 10 heavy (non-hydrogen) atoms. The monoisotopic (exact) mass is 147 g/mol. The van der Waals surface area contributed by atoms with Crippen molar-refractivity contribution in [1.82, 2.24) is 0 Å². The lowest BCUT2D eigenvalue weighted by Crippen LogP contribution is -2.45. The molecule has 0 aromatic heterocycles. The zero-order valence-corrected chi connectivity index (χ0v) is 7.38. The van der Waals surface area contributed by atoms with Crippen molar-refractivity contribution >= 4 is 6.75 Å². The van der Waals surface area contributed by atoms with Gasteiger partial charge in [-0.25, -0.2) is 0 Å². The normalized spacial score (nSPS) is 12.6. The lowest BCUT2D eigenvalue weighted by molar-refractivity contribution is 0.115. The molecule has 0 rings (SSSR count). The largest absolute Gasteiger partial charge is 0.547 e. The van der Waals surface area contributed by atoms with Crippen LogP contribution in [0.3, 0.4) is 0 Å². The highest BCUT2D eigenvalue weighted by Gasteiger charge is 2.29. The van der Waals surface area contributed by atoms with E-state index in [1.807, 2.05) is 13.8 Å². The predicted molar refractivity (Wildman–Crippen MR) is 41.9 cm³/mol. The van der Waals surface area contributed by atoms with E-state index in [0.717, 1.165) is 0 Å². The summed E-state index contributed by atoms with van der Waals surface area (Å²) in [6.07, 6.45) is 0. The Balaban J connectivity index is 4.15. The molecule has 0 unspecified atom stereocenters. The van der Waals surface area contributed by atoms with E-state index in [4.69, 9.17) is 14.0 Å². The van der Waals surface area contributed by atoms with Crippen LogP contribution >= 0.6 is 0 Å². The van der Waals surface area contributed by atoms with Crippen molar-refractivity contribution in [2.24, 2.45) is 0 Å². The summed E-state index contributed by atoms with van der Waals surface area (Å²) in [4.78, 5) is 0. The van der Waals surface area contributed by atoms with Crippen LogP contribution in [-0.2, 0) is 14.0 Å². The minimum atomic E-state index is -1.51. The van der Waals surface area contributed by atoms with E-state index in [2.05, 4.69) is 0 Å². The zero-order valence-electron chi connectivity index (χ0n) is 7.38. The van der Waals surface area contributed by atoms with Crippen LogP contribution in [0.2, 0.25) is 5.82 Å². The molecule has 0 saturated carbocycles. The van der Waals surface area contributed by atoms with Gasteiger partial charge in [-0.1, -0.05) is 19.7 Å². The first kappa shape index (κ1) is 9.94. The second-order valence-electron chi connectivity index (χ2n) is 2.65. The molecule has 0 bridgehead atoms. The Bertz CT molecular complexity index is 82.7. The van der Waals surface area contributed by atoms with Gasteiger partial charge in [-0.05, 0) is 21.3 Å². The lowest BCUT2D eigenvalue weighted by atomic mass is 9.65. The highest BCUT2D eigenvalue weighted by atomic mass is 16.7. The van der Waals surface area contributed by atoms with Gasteiger partial charge in [-0.3, -0.25) is 0 Å². The molecular weight excluding hydrogens is 131 g/mol. The average Bonchev–Trinajstić information content (AvgIpc) is 1.92. The van der Waals surface area contributed by atoms with E-state index in [9.17, 15) is 0 Å². The fourth-order valence-corrected chi connectivity index (χ4v) is 1.11. The number of hydrogen-bond donors (Lipinski definition) is 0. The molecule has 0 aliphatic rings. The SMILES string of the molecule is CO[B-](OC)(OC)C(C)C. The first-order valence-electron chi connectivity index (χ1n) is 3.42. The fraction of sp³-hybridized carbons (Fsp3) is 1.00. The Kier molecular flexibility index (Phi) is 3.94. The van der Waals surface area contributed by atoms with Crippen LogP contribution in [0.25, 0.3) is 0 Å². The van der Waals surface area contributed by atoms with Gasteiger partial charge < -0.3 is 14.0 Å². The van der Waals surface area contributed by atoms with Crippen molar-refractivity contribution in [1.29, 1.82) is 0 Å². The molecule has 0 aliphatic carbocycles. The van der Waals surface area contributed by atoms with Crippen molar-refractivity contribution < 1.29 is 14.0 Å². The molecule has 4 heteroatoms. The molecule has 3 nitrogen and oxygen atoms in total. The fourth-order valence-electron chi connectivity index (χ4n) is 1.11. The van der Waals surface area contributed by atoms with E-state index >= 15 is 0 Å². The van der Waals surface area contributed by atoms with E-state index in [1.165, 1.54) is 0 Å². The minimum absolute atomic E-state index is 0.236. The van der Waals surface area contributed by atoms with Crippen molar-refractivity contribution in [2.75, 3.05) is 21.3 Å². The van der Waals surface area contributed by atoms with E-state index in [0.29, 0.717) is 0 Å². The van der Waals surface area contributed by atoms with Crippen molar-refractivity contribution in [3.8, 4) is 0 Å². The Morgan fingerprint density at radius 2 is 1.20 bits per heavy atom. The topological polar surface area (TPSA) is 27.7 Å². The van der Waals surface area contributed by atoms with Crippen LogP contribution in [0.4, 0.5) is 0 Å². The predicted octanol–water partition coefficient (Wildman–Crippen LogP) is 1.27. The summed E-state index contributed by atoms with van der Waals surface area (Å²) in [6.45, 7) is 2.48. The van der Waals surface area contributed by atoms with Crippen molar-refractivity contribution in [2.45, 2.75) is 19.7 Å². The van der Waals surface area contributed by atoms with Crippen molar-refractivity contribution in [3.05, 3.63) is 0 Å². The third-order valence-corrected chi connectivity index (χ3v) is 1.80. The van der Waals surface area contributed by atoms with E-state index in [-0.39, 0.29) is 5.82 Å². The Hall–Kier alpha value is -0.0551. The molecule has 0 fully saturated rings. The molecular formula is C6H16BO3-. The molecule has 0 aliphatic heterocycles. The summed E-state index contributed by atoms with van der Waals surface area (Å²) >= 11 is 0. The standard InChI is InChI=1S/C6H16BO3/c1-6(2)7(8-3,9-4)10-5/h6H,1-5H3/q-1. The highest BCUT2D eigenvalue weighted by Crippen LogP contribution is 2.21. The Morgan fingerprint density at radius 1 is 0.900 bits per heavy atom. The zero-order chi connectivity index (χ0) is 8.20. The van der Waals surface area contributed by atoms with Crippen LogP contribution in [-0.4, -0.2) is 28.1 Å². The minimum Gasteiger partial charge on any atom is -0.547 e. The number of hydrogen-bond acceptors (Lipinski definition) is 3. The van der Waals surface area contributed by atoms with Gasteiger partial charge >= 0.3 is 6.75 Å². The first-order chi connectivity index (χ1) is 4.63. The molecule has 62 valence electrons. The quantitative estimate of drug-likeness (QED) is 0.560. The maximum Gasteiger partial charge on any atom is 0.381 e. The molecule has 0 spiro atoms. The smallest absolute Gasteiger partial charge is 0.381 e. The number of rotatable bonds is 4. The maximum absolute atomic E-state index is 5.12. The van der Waals surface area contributed by atoms with Crippen LogP contribution < -0.4 is 0 Å². The van der Waals surface area contributed by atoms with Gasteiger partial charge in [0.2, 0.25) is 0 Å². The molecule has 0 atom stereocenters. The Labute approximate surface area is 62.7 Å². The molecule has 0 aromatic carbocycles. The third-order valence-electron chi connectivity index (χ3n) is 1.80.